The molecule has 1 aromatic heterocycles. The van der Waals surface area contributed by atoms with Crippen LogP contribution in [0.4, 0.5) is 0 Å². The van der Waals surface area contributed by atoms with Crippen LogP contribution in [0.25, 0.3) is 6.08 Å². The van der Waals surface area contributed by atoms with Crippen LogP contribution in [0.2, 0.25) is 0 Å². The van der Waals surface area contributed by atoms with Gasteiger partial charge in [0.05, 0.1) is 12.5 Å². The maximum absolute atomic E-state index is 12.5. The van der Waals surface area contributed by atoms with Crippen molar-refractivity contribution in [2.75, 3.05) is 20.2 Å². The Hall–Kier alpha value is -2.95. The first-order valence-corrected chi connectivity index (χ1v) is 8.67. The number of aromatic nitrogens is 1. The molecule has 2 heterocycles. The molecular weight excluding hydrogens is 328 g/mol. The molecule has 0 saturated carbocycles. The third-order valence-corrected chi connectivity index (χ3v) is 4.93. The quantitative estimate of drug-likeness (QED) is 0.628. The minimum Gasteiger partial charge on any atom is -0.468 e. The standard InChI is InChI=1S/C21H22N2O3/c1-26-20(25)21(18-7-3-2-4-8-18)11-14-23(15-12-21)19(24)10-9-17-6-5-13-22-16-17/h2-10,13,16H,11-12,14-15H2,1H3/b10-9+. The Labute approximate surface area is 153 Å². The molecule has 1 aliphatic rings. The molecule has 1 saturated heterocycles. The predicted octanol–water partition coefficient (Wildman–Crippen LogP) is 2.83. The minimum absolute atomic E-state index is 0.0552. The number of ether oxygens (including phenoxy) is 1. The average molecular weight is 350 g/mol. The summed E-state index contributed by atoms with van der Waals surface area (Å²) in [5.41, 5.74) is 1.15. The number of carbonyl (C=O) groups excluding carboxylic acids is 2. The van der Waals surface area contributed by atoms with Crippen molar-refractivity contribution in [1.29, 1.82) is 0 Å². The van der Waals surface area contributed by atoms with Crippen LogP contribution in [-0.4, -0.2) is 42.0 Å². The van der Waals surface area contributed by atoms with Crippen LogP contribution in [0.15, 0.2) is 60.9 Å². The van der Waals surface area contributed by atoms with E-state index in [1.807, 2.05) is 42.5 Å². The number of likely N-dealkylation sites (tertiary alicyclic amines) is 1. The van der Waals surface area contributed by atoms with Gasteiger partial charge < -0.3 is 9.64 Å². The number of amides is 1. The Morgan fingerprint density at radius 2 is 1.85 bits per heavy atom. The zero-order valence-electron chi connectivity index (χ0n) is 14.8. The van der Waals surface area contributed by atoms with Gasteiger partial charge in [0.2, 0.25) is 5.91 Å². The van der Waals surface area contributed by atoms with Crippen molar-refractivity contribution in [3.8, 4) is 0 Å². The molecule has 0 aliphatic carbocycles. The fourth-order valence-electron chi connectivity index (χ4n) is 3.42. The lowest BCUT2D eigenvalue weighted by molar-refractivity contribution is -0.151. The van der Waals surface area contributed by atoms with Gasteiger partial charge in [-0.25, -0.2) is 0 Å². The number of carbonyl (C=O) groups is 2. The number of hydrogen-bond acceptors (Lipinski definition) is 4. The normalized spacial score (nSPS) is 16.4. The van der Waals surface area contributed by atoms with Crippen LogP contribution in [0, 0.1) is 0 Å². The van der Waals surface area contributed by atoms with E-state index >= 15 is 0 Å². The summed E-state index contributed by atoms with van der Waals surface area (Å²) >= 11 is 0. The Kier molecular flexibility index (Phi) is 5.46. The van der Waals surface area contributed by atoms with E-state index in [-0.39, 0.29) is 11.9 Å². The molecule has 1 fully saturated rings. The molecule has 0 unspecified atom stereocenters. The number of rotatable bonds is 4. The van der Waals surface area contributed by atoms with E-state index in [2.05, 4.69) is 4.98 Å². The molecule has 5 nitrogen and oxygen atoms in total. The fraction of sp³-hybridized carbons (Fsp3) is 0.286. The van der Waals surface area contributed by atoms with Crippen molar-refractivity contribution >= 4 is 18.0 Å². The smallest absolute Gasteiger partial charge is 0.316 e. The van der Waals surface area contributed by atoms with Crippen LogP contribution >= 0.6 is 0 Å². The van der Waals surface area contributed by atoms with Gasteiger partial charge in [0.25, 0.3) is 0 Å². The summed E-state index contributed by atoms with van der Waals surface area (Å²) in [6, 6.07) is 13.4. The second kappa shape index (κ2) is 7.95. The summed E-state index contributed by atoms with van der Waals surface area (Å²) < 4.78 is 5.09. The highest BCUT2D eigenvalue weighted by molar-refractivity contribution is 5.92. The topological polar surface area (TPSA) is 59.5 Å². The largest absolute Gasteiger partial charge is 0.468 e. The zero-order chi connectivity index (χ0) is 18.4. The third kappa shape index (κ3) is 3.67. The van der Waals surface area contributed by atoms with Crippen LogP contribution in [0.5, 0.6) is 0 Å². The van der Waals surface area contributed by atoms with Crippen molar-refractivity contribution in [2.24, 2.45) is 0 Å². The number of methoxy groups -OCH3 is 1. The van der Waals surface area contributed by atoms with Gasteiger partial charge in [-0.05, 0) is 36.1 Å². The predicted molar refractivity (Wildman–Crippen MR) is 99.2 cm³/mol. The molecule has 2 aromatic rings. The summed E-state index contributed by atoms with van der Waals surface area (Å²) in [5.74, 6) is -0.290. The number of nitrogens with zero attached hydrogens (tertiary/aromatic N) is 2. The Balaban J connectivity index is 1.71. The molecule has 134 valence electrons. The molecule has 0 N–H and O–H groups in total. The first-order valence-electron chi connectivity index (χ1n) is 8.67. The van der Waals surface area contributed by atoms with E-state index < -0.39 is 5.41 Å². The van der Waals surface area contributed by atoms with Gasteiger partial charge in [-0.2, -0.15) is 0 Å². The lowest BCUT2D eigenvalue weighted by Gasteiger charge is -2.39. The summed E-state index contributed by atoms with van der Waals surface area (Å²) in [5, 5.41) is 0. The van der Waals surface area contributed by atoms with Gasteiger partial charge >= 0.3 is 5.97 Å². The Morgan fingerprint density at radius 3 is 2.46 bits per heavy atom. The molecule has 1 aliphatic heterocycles. The molecular formula is C21H22N2O3. The van der Waals surface area contributed by atoms with Crippen LogP contribution in [0.3, 0.4) is 0 Å². The number of benzene rings is 1. The third-order valence-electron chi connectivity index (χ3n) is 4.93. The van der Waals surface area contributed by atoms with Gasteiger partial charge in [0, 0.05) is 31.6 Å². The Morgan fingerprint density at radius 1 is 1.12 bits per heavy atom. The lowest BCUT2D eigenvalue weighted by atomic mass is 9.72. The van der Waals surface area contributed by atoms with Crippen molar-refractivity contribution in [3.63, 3.8) is 0 Å². The number of pyridine rings is 1. The molecule has 0 radical (unpaired) electrons. The van der Waals surface area contributed by atoms with Crippen LogP contribution in [-0.2, 0) is 19.7 Å². The number of esters is 1. The zero-order valence-corrected chi connectivity index (χ0v) is 14.8. The lowest BCUT2D eigenvalue weighted by Crippen LogP contribution is -2.49. The van der Waals surface area contributed by atoms with Gasteiger partial charge in [-0.3, -0.25) is 14.6 Å². The monoisotopic (exact) mass is 350 g/mol. The molecule has 26 heavy (non-hydrogen) atoms. The molecule has 0 bridgehead atoms. The van der Waals surface area contributed by atoms with Gasteiger partial charge in [-0.1, -0.05) is 36.4 Å². The summed E-state index contributed by atoms with van der Waals surface area (Å²) in [6.45, 7) is 1.03. The fourth-order valence-corrected chi connectivity index (χ4v) is 3.42. The van der Waals surface area contributed by atoms with Crippen LogP contribution in [0.1, 0.15) is 24.0 Å². The maximum atomic E-state index is 12.5. The summed E-state index contributed by atoms with van der Waals surface area (Å²) in [7, 11) is 1.42. The van der Waals surface area contributed by atoms with Crippen molar-refractivity contribution < 1.29 is 14.3 Å². The second-order valence-corrected chi connectivity index (χ2v) is 6.38. The Bertz CT molecular complexity index is 779. The van der Waals surface area contributed by atoms with Gasteiger partial charge in [0.1, 0.15) is 0 Å². The average Bonchev–Trinajstić information content (AvgIpc) is 2.73. The number of piperidine rings is 1. The molecule has 0 spiro atoms. The van der Waals surface area contributed by atoms with Gasteiger partial charge in [0.15, 0.2) is 0 Å². The molecule has 3 rings (SSSR count). The van der Waals surface area contributed by atoms with E-state index in [0.717, 1.165) is 11.1 Å². The SMILES string of the molecule is COC(=O)C1(c2ccccc2)CCN(C(=O)/C=C/c2cccnc2)CC1. The first kappa shape index (κ1) is 17.9. The maximum Gasteiger partial charge on any atom is 0.316 e. The molecule has 1 aromatic carbocycles. The summed E-state index contributed by atoms with van der Waals surface area (Å²) in [4.78, 5) is 30.8. The van der Waals surface area contributed by atoms with Crippen LogP contribution < -0.4 is 0 Å². The first-order chi connectivity index (χ1) is 12.7. The number of hydrogen-bond donors (Lipinski definition) is 0. The molecule has 0 atom stereocenters. The van der Waals surface area contributed by atoms with E-state index in [1.54, 1.807) is 29.4 Å². The molecule has 1 amide bonds. The summed E-state index contributed by atoms with van der Waals surface area (Å²) in [6.07, 6.45) is 7.82. The highest BCUT2D eigenvalue weighted by Crippen LogP contribution is 2.36. The van der Waals surface area contributed by atoms with E-state index in [1.165, 1.54) is 7.11 Å². The van der Waals surface area contributed by atoms with Gasteiger partial charge in [-0.15, -0.1) is 0 Å². The highest BCUT2D eigenvalue weighted by atomic mass is 16.5. The van der Waals surface area contributed by atoms with E-state index in [0.29, 0.717) is 25.9 Å². The van der Waals surface area contributed by atoms with E-state index in [9.17, 15) is 9.59 Å². The minimum atomic E-state index is -0.681. The van der Waals surface area contributed by atoms with Crippen molar-refractivity contribution in [1.82, 2.24) is 9.88 Å². The second-order valence-electron chi connectivity index (χ2n) is 6.38. The van der Waals surface area contributed by atoms with Crippen molar-refractivity contribution in [3.05, 3.63) is 72.1 Å². The highest BCUT2D eigenvalue weighted by Gasteiger charge is 2.44. The van der Waals surface area contributed by atoms with Crippen molar-refractivity contribution in [2.45, 2.75) is 18.3 Å². The molecule has 5 heteroatoms. The van der Waals surface area contributed by atoms with E-state index in [4.69, 9.17) is 4.74 Å².